The smallest absolute Gasteiger partial charge is 0.250 e. The van der Waals surface area contributed by atoms with E-state index in [2.05, 4.69) is 38.3 Å². The molecule has 4 nitrogen and oxygen atoms in total. The van der Waals surface area contributed by atoms with E-state index in [1.807, 2.05) is 12.1 Å². The van der Waals surface area contributed by atoms with Crippen molar-refractivity contribution < 1.29 is 9.53 Å². The number of halogens is 1. The summed E-state index contributed by atoms with van der Waals surface area (Å²) in [7, 11) is 0. The molecule has 1 unspecified atom stereocenters. The van der Waals surface area contributed by atoms with E-state index in [4.69, 9.17) is 4.74 Å². The van der Waals surface area contributed by atoms with E-state index >= 15 is 0 Å². The molecule has 5 heteroatoms. The van der Waals surface area contributed by atoms with Gasteiger partial charge in [0.25, 0.3) is 5.91 Å². The topological polar surface area (TPSA) is 41.6 Å². The number of morpholine rings is 1. The van der Waals surface area contributed by atoms with Gasteiger partial charge in [-0.3, -0.25) is 9.69 Å². The summed E-state index contributed by atoms with van der Waals surface area (Å²) < 4.78 is 6.68. The van der Waals surface area contributed by atoms with Crippen molar-refractivity contribution in [3.63, 3.8) is 0 Å². The molecule has 0 aromatic heterocycles. The molecular weight excluding hydrogens is 320 g/mol. The average molecular weight is 339 g/mol. The van der Waals surface area contributed by atoms with Gasteiger partial charge < -0.3 is 10.1 Å². The molecule has 1 aromatic rings. The van der Waals surface area contributed by atoms with Crippen LogP contribution >= 0.6 is 15.9 Å². The third kappa shape index (κ3) is 3.81. The van der Waals surface area contributed by atoms with E-state index in [1.165, 1.54) is 5.56 Å². The Bertz CT molecular complexity index is 473. The second-order valence-electron chi connectivity index (χ2n) is 5.50. The van der Waals surface area contributed by atoms with Crippen molar-refractivity contribution in [1.82, 2.24) is 10.2 Å². The van der Waals surface area contributed by atoms with Crippen LogP contribution in [-0.4, -0.2) is 42.6 Å². The fourth-order valence-corrected chi connectivity index (χ4v) is 2.64. The minimum absolute atomic E-state index is 0.0491. The standard InChI is InChI=1S/C15H19BrN2O2/c16-12-3-1-11(2-4-12)9-18-7-8-20-14(10-18)15(19)17-13-5-6-13/h1-4,13-14H,5-10H2,(H,17,19). The molecule has 20 heavy (non-hydrogen) atoms. The summed E-state index contributed by atoms with van der Waals surface area (Å²) in [4.78, 5) is 14.3. The lowest BCUT2D eigenvalue weighted by Crippen LogP contribution is -2.49. The number of amides is 1. The van der Waals surface area contributed by atoms with Gasteiger partial charge in [0.05, 0.1) is 6.61 Å². The highest BCUT2D eigenvalue weighted by atomic mass is 79.9. The fraction of sp³-hybridized carbons (Fsp3) is 0.533. The zero-order valence-electron chi connectivity index (χ0n) is 11.3. The summed E-state index contributed by atoms with van der Waals surface area (Å²) in [5, 5.41) is 3.02. The van der Waals surface area contributed by atoms with Crippen LogP contribution in [0.15, 0.2) is 28.7 Å². The highest BCUT2D eigenvalue weighted by Gasteiger charge is 2.31. The molecule has 1 amide bonds. The van der Waals surface area contributed by atoms with E-state index in [9.17, 15) is 4.79 Å². The Morgan fingerprint density at radius 2 is 2.10 bits per heavy atom. The van der Waals surface area contributed by atoms with Crippen LogP contribution in [0.1, 0.15) is 18.4 Å². The number of nitrogens with one attached hydrogen (secondary N) is 1. The minimum Gasteiger partial charge on any atom is -0.366 e. The third-order valence-corrected chi connectivity index (χ3v) is 4.21. The summed E-state index contributed by atoms with van der Waals surface area (Å²) >= 11 is 3.44. The molecule has 1 saturated heterocycles. The monoisotopic (exact) mass is 338 g/mol. The lowest BCUT2D eigenvalue weighted by molar-refractivity contribution is -0.138. The Morgan fingerprint density at radius 3 is 2.80 bits per heavy atom. The second-order valence-corrected chi connectivity index (χ2v) is 6.42. The maximum absolute atomic E-state index is 12.0. The van der Waals surface area contributed by atoms with Gasteiger partial charge in [-0.1, -0.05) is 28.1 Å². The Hall–Kier alpha value is -0.910. The van der Waals surface area contributed by atoms with Gasteiger partial charge >= 0.3 is 0 Å². The van der Waals surface area contributed by atoms with Gasteiger partial charge in [-0.25, -0.2) is 0 Å². The van der Waals surface area contributed by atoms with Crippen LogP contribution in [0.5, 0.6) is 0 Å². The van der Waals surface area contributed by atoms with Crippen molar-refractivity contribution in [1.29, 1.82) is 0 Å². The molecule has 1 N–H and O–H groups in total. The van der Waals surface area contributed by atoms with Crippen LogP contribution in [0.3, 0.4) is 0 Å². The summed E-state index contributed by atoms with van der Waals surface area (Å²) in [6.45, 7) is 3.04. The highest BCUT2D eigenvalue weighted by molar-refractivity contribution is 9.10. The van der Waals surface area contributed by atoms with Gasteiger partial charge in [-0.15, -0.1) is 0 Å². The van der Waals surface area contributed by atoms with Crippen LogP contribution in [0.4, 0.5) is 0 Å². The molecule has 0 spiro atoms. The highest BCUT2D eigenvalue weighted by Crippen LogP contribution is 2.20. The lowest BCUT2D eigenvalue weighted by Gasteiger charge is -2.32. The molecule has 1 aliphatic carbocycles. The first-order valence-corrected chi connectivity index (χ1v) is 7.89. The second kappa shape index (κ2) is 6.24. The Morgan fingerprint density at radius 1 is 1.35 bits per heavy atom. The van der Waals surface area contributed by atoms with Crippen molar-refractivity contribution >= 4 is 21.8 Å². The van der Waals surface area contributed by atoms with Crippen molar-refractivity contribution in [2.75, 3.05) is 19.7 Å². The summed E-state index contributed by atoms with van der Waals surface area (Å²) in [6, 6.07) is 8.71. The molecule has 0 bridgehead atoms. The largest absolute Gasteiger partial charge is 0.366 e. The van der Waals surface area contributed by atoms with Crippen molar-refractivity contribution in [3.05, 3.63) is 34.3 Å². The Balaban J connectivity index is 1.54. The number of carbonyl (C=O) groups is 1. The number of rotatable bonds is 4. The van der Waals surface area contributed by atoms with Gasteiger partial charge in [0.2, 0.25) is 0 Å². The van der Waals surface area contributed by atoms with Crippen LogP contribution in [0.2, 0.25) is 0 Å². The van der Waals surface area contributed by atoms with Crippen LogP contribution in [0.25, 0.3) is 0 Å². The van der Waals surface area contributed by atoms with E-state index in [1.54, 1.807) is 0 Å². The third-order valence-electron chi connectivity index (χ3n) is 3.69. The molecule has 0 radical (unpaired) electrons. The minimum atomic E-state index is -0.320. The van der Waals surface area contributed by atoms with Crippen molar-refractivity contribution in [2.45, 2.75) is 31.5 Å². The van der Waals surface area contributed by atoms with Crippen molar-refractivity contribution in [2.24, 2.45) is 0 Å². The molecule has 1 aromatic carbocycles. The molecular formula is C15H19BrN2O2. The first-order chi connectivity index (χ1) is 9.70. The van der Waals surface area contributed by atoms with Gasteiger partial charge in [0, 0.05) is 30.1 Å². The number of benzene rings is 1. The van der Waals surface area contributed by atoms with Crippen LogP contribution in [0, 0.1) is 0 Å². The summed E-state index contributed by atoms with van der Waals surface area (Å²) in [6.07, 6.45) is 1.90. The van der Waals surface area contributed by atoms with Crippen molar-refractivity contribution in [3.8, 4) is 0 Å². The maximum atomic E-state index is 12.0. The number of nitrogens with zero attached hydrogens (tertiary/aromatic N) is 1. The van der Waals surface area contributed by atoms with E-state index < -0.39 is 0 Å². The SMILES string of the molecule is O=C(NC1CC1)C1CN(Cc2ccc(Br)cc2)CCO1. The molecule has 2 aliphatic rings. The molecule has 1 saturated carbocycles. The number of hydrogen-bond donors (Lipinski definition) is 1. The first kappa shape index (κ1) is 14.0. The van der Waals surface area contributed by atoms with Gasteiger partial charge in [-0.05, 0) is 30.5 Å². The van der Waals surface area contributed by atoms with E-state index in [-0.39, 0.29) is 12.0 Å². The molecule has 1 heterocycles. The zero-order valence-corrected chi connectivity index (χ0v) is 12.9. The van der Waals surface area contributed by atoms with Gasteiger partial charge in [-0.2, -0.15) is 0 Å². The molecule has 1 atom stereocenters. The quantitative estimate of drug-likeness (QED) is 0.911. The molecule has 2 fully saturated rings. The number of hydrogen-bond acceptors (Lipinski definition) is 3. The summed E-state index contributed by atoms with van der Waals surface area (Å²) in [5.41, 5.74) is 1.26. The Kier molecular flexibility index (Phi) is 4.38. The maximum Gasteiger partial charge on any atom is 0.250 e. The Labute approximate surface area is 127 Å². The average Bonchev–Trinajstić information content (AvgIpc) is 3.26. The fourth-order valence-electron chi connectivity index (χ4n) is 2.37. The van der Waals surface area contributed by atoms with E-state index in [0.29, 0.717) is 19.2 Å². The molecule has 1 aliphatic heterocycles. The van der Waals surface area contributed by atoms with Crippen LogP contribution < -0.4 is 5.32 Å². The van der Waals surface area contributed by atoms with Gasteiger partial charge in [0.1, 0.15) is 6.10 Å². The number of carbonyl (C=O) groups excluding carboxylic acids is 1. The number of ether oxygens (including phenoxy) is 1. The molecule has 108 valence electrons. The predicted octanol–water partition coefficient (Wildman–Crippen LogP) is 1.93. The normalized spacial score (nSPS) is 23.6. The first-order valence-electron chi connectivity index (χ1n) is 7.09. The molecule has 3 rings (SSSR count). The van der Waals surface area contributed by atoms with E-state index in [0.717, 1.165) is 30.4 Å². The van der Waals surface area contributed by atoms with Gasteiger partial charge in [0.15, 0.2) is 0 Å². The zero-order chi connectivity index (χ0) is 13.9. The van der Waals surface area contributed by atoms with Crippen LogP contribution in [-0.2, 0) is 16.1 Å². The lowest BCUT2D eigenvalue weighted by atomic mass is 10.2. The predicted molar refractivity (Wildman–Crippen MR) is 80.3 cm³/mol. The summed E-state index contributed by atoms with van der Waals surface area (Å²) in [5.74, 6) is 0.0491.